The average molecular weight is 864 g/mol. The second kappa shape index (κ2) is 19.9. The van der Waals surface area contributed by atoms with E-state index in [1.54, 1.807) is 27.9 Å². The summed E-state index contributed by atoms with van der Waals surface area (Å²) in [6.07, 6.45) is 8.28. The molecule has 7 rings (SSSR count). The molecule has 3 fully saturated rings. The Bertz CT molecular complexity index is 2240. The summed E-state index contributed by atoms with van der Waals surface area (Å²) in [7, 11) is 1.74. The molecule has 13 nitrogen and oxygen atoms in total. The minimum absolute atomic E-state index is 0.238. The highest BCUT2D eigenvalue weighted by Gasteiger charge is 2.33. The van der Waals surface area contributed by atoms with Crippen LogP contribution >= 0.6 is 0 Å². The van der Waals surface area contributed by atoms with Crippen molar-refractivity contribution in [1.29, 1.82) is 0 Å². The maximum Gasteiger partial charge on any atom is 0.408 e. The maximum absolute atomic E-state index is 13.3. The van der Waals surface area contributed by atoms with Crippen LogP contribution in [0, 0.1) is 5.41 Å². The van der Waals surface area contributed by atoms with E-state index in [9.17, 15) is 14.4 Å². The van der Waals surface area contributed by atoms with Crippen LogP contribution in [0.15, 0.2) is 54.7 Å². The van der Waals surface area contributed by atoms with Gasteiger partial charge in [0.15, 0.2) is 0 Å². The molecule has 2 aromatic carbocycles. The van der Waals surface area contributed by atoms with E-state index in [2.05, 4.69) is 94.6 Å². The Balaban J connectivity index is 1.30. The summed E-state index contributed by atoms with van der Waals surface area (Å²) in [4.78, 5) is 48.4. The number of nitrogens with zero attached hydrogens (tertiary/aromatic N) is 4. The Kier molecular flexibility index (Phi) is 14.6. The molecule has 0 spiro atoms. The molecule has 1 amide bonds. The molecule has 0 bridgehead atoms. The van der Waals surface area contributed by atoms with Crippen molar-refractivity contribution >= 4 is 34.9 Å². The van der Waals surface area contributed by atoms with Gasteiger partial charge in [-0.2, -0.15) is 0 Å². The number of esters is 1. The molecule has 3 N–H and O–H groups in total. The highest BCUT2D eigenvalue weighted by atomic mass is 16.6. The fourth-order valence-corrected chi connectivity index (χ4v) is 9.53. The second-order valence-electron chi connectivity index (χ2n) is 19.4. The van der Waals surface area contributed by atoms with E-state index in [1.165, 1.54) is 25.8 Å². The van der Waals surface area contributed by atoms with E-state index in [4.69, 9.17) is 19.2 Å². The molecule has 63 heavy (non-hydrogen) atoms. The van der Waals surface area contributed by atoms with Gasteiger partial charge in [0.25, 0.3) is 0 Å². The minimum atomic E-state index is -0.744. The van der Waals surface area contributed by atoms with Crippen LogP contribution in [0.5, 0.6) is 0 Å². The zero-order valence-corrected chi connectivity index (χ0v) is 38.7. The normalized spacial score (nSPS) is 19.6. The number of anilines is 1. The molecule has 340 valence electrons. The molecule has 2 aromatic heterocycles. The summed E-state index contributed by atoms with van der Waals surface area (Å²) in [6, 6.07) is 16.5. The first-order valence-corrected chi connectivity index (χ1v) is 23.0. The van der Waals surface area contributed by atoms with Crippen molar-refractivity contribution in [3.8, 4) is 22.4 Å². The van der Waals surface area contributed by atoms with Crippen LogP contribution in [0.4, 0.5) is 10.5 Å². The van der Waals surface area contributed by atoms with Crippen molar-refractivity contribution < 1.29 is 28.6 Å². The summed E-state index contributed by atoms with van der Waals surface area (Å²) in [5.74, 6) is -0.238. The van der Waals surface area contributed by atoms with Crippen LogP contribution in [0.3, 0.4) is 0 Å². The summed E-state index contributed by atoms with van der Waals surface area (Å²) in [5.41, 5.74) is 14.4. The number of ether oxygens (including phenoxy) is 3. The molecule has 0 saturated carbocycles. The first-order chi connectivity index (χ1) is 30.2. The SMILES string of the molecule is CCn1c(-c2cc(N3CCN4CCCC[C@@H]4C3)cnc2[C@H](C)OC)c(CC(C)(C)COC(=O)C2CCCNN2)c2cc(-c3cccc(C[C@@H](C=O)NC(=O)OC(C)(C)C)c3)ccc21. The number of rotatable bonds is 15. The highest BCUT2D eigenvalue weighted by Crippen LogP contribution is 2.43. The van der Waals surface area contributed by atoms with Gasteiger partial charge in [-0.25, -0.2) is 10.2 Å². The first-order valence-electron chi connectivity index (χ1n) is 23.0. The molecule has 4 atom stereocenters. The predicted octanol–water partition coefficient (Wildman–Crippen LogP) is 7.78. The summed E-state index contributed by atoms with van der Waals surface area (Å²) in [5, 5.41) is 3.83. The zero-order chi connectivity index (χ0) is 44.9. The van der Waals surface area contributed by atoms with Crippen molar-refractivity contribution in [2.24, 2.45) is 5.41 Å². The third kappa shape index (κ3) is 11.1. The van der Waals surface area contributed by atoms with E-state index in [-0.39, 0.29) is 24.7 Å². The van der Waals surface area contributed by atoms with Gasteiger partial charge in [-0.3, -0.25) is 20.1 Å². The summed E-state index contributed by atoms with van der Waals surface area (Å²) < 4.78 is 19.9. The number of aromatic nitrogens is 2. The number of piperidine rings is 1. The molecule has 4 aromatic rings. The van der Waals surface area contributed by atoms with Gasteiger partial charge in [0, 0.05) is 67.8 Å². The van der Waals surface area contributed by atoms with Gasteiger partial charge in [-0.05, 0) is 120 Å². The number of hydrogen-bond acceptors (Lipinski definition) is 11. The summed E-state index contributed by atoms with van der Waals surface area (Å²) in [6.45, 7) is 20.0. The number of benzene rings is 2. The molecular weight excluding hydrogens is 795 g/mol. The van der Waals surface area contributed by atoms with Crippen molar-refractivity contribution in [1.82, 2.24) is 30.6 Å². The van der Waals surface area contributed by atoms with E-state index in [1.807, 2.05) is 18.3 Å². The maximum atomic E-state index is 13.3. The number of piperazine rings is 1. The van der Waals surface area contributed by atoms with Crippen molar-refractivity contribution in [2.45, 2.75) is 130 Å². The van der Waals surface area contributed by atoms with Gasteiger partial charge in [-0.15, -0.1) is 0 Å². The van der Waals surface area contributed by atoms with Crippen molar-refractivity contribution in [3.05, 3.63) is 71.5 Å². The van der Waals surface area contributed by atoms with Gasteiger partial charge in [-0.1, -0.05) is 50.6 Å². The number of hydrazine groups is 1. The van der Waals surface area contributed by atoms with Crippen LogP contribution in [-0.2, 0) is 43.2 Å². The van der Waals surface area contributed by atoms with Gasteiger partial charge >= 0.3 is 12.1 Å². The molecule has 13 heteroatoms. The number of carbonyl (C=O) groups excluding carboxylic acids is 3. The summed E-state index contributed by atoms with van der Waals surface area (Å²) >= 11 is 0. The molecule has 3 aliphatic heterocycles. The number of pyridine rings is 1. The van der Waals surface area contributed by atoms with Gasteiger partial charge < -0.3 is 33.8 Å². The van der Waals surface area contributed by atoms with Crippen LogP contribution in [0.25, 0.3) is 33.3 Å². The van der Waals surface area contributed by atoms with Gasteiger partial charge in [0.05, 0.1) is 42.0 Å². The number of aryl methyl sites for hydroxylation is 1. The molecule has 0 aliphatic carbocycles. The average Bonchev–Trinajstić information content (AvgIpc) is 3.58. The van der Waals surface area contributed by atoms with E-state index < -0.39 is 23.2 Å². The number of methoxy groups -OCH3 is 1. The smallest absolute Gasteiger partial charge is 0.408 e. The fourth-order valence-electron chi connectivity index (χ4n) is 9.53. The standard InChI is InChI=1S/C50H69N7O6/c1-9-57-44-19-18-36(35-15-12-14-34(24-35)25-37(31-58)53-48(60)63-49(3,4)5)26-40(44)42(28-50(6,7)32-62-47(59)43-17-13-20-52-54-43)46(57)41-27-39(29-51-45(41)33(2)61-8)56-23-22-55-21-11-10-16-38(55)30-56/h12,14-15,18-19,24,26-27,29,31,33,37-38,43,52,54H,9-11,13,16-17,20-23,25,28,30,32H2,1-8H3,(H,53,60)/t33-,37-,38+,43?/m0/s1. The van der Waals surface area contributed by atoms with E-state index >= 15 is 0 Å². The number of hydrogen-bond donors (Lipinski definition) is 3. The Morgan fingerprint density at radius 1 is 1.00 bits per heavy atom. The Morgan fingerprint density at radius 3 is 2.54 bits per heavy atom. The van der Waals surface area contributed by atoms with Crippen LogP contribution in [0.2, 0.25) is 0 Å². The molecule has 0 radical (unpaired) electrons. The zero-order valence-electron chi connectivity index (χ0n) is 38.7. The monoisotopic (exact) mass is 864 g/mol. The highest BCUT2D eigenvalue weighted by molar-refractivity contribution is 5.95. The molecule has 1 unspecified atom stereocenters. The van der Waals surface area contributed by atoms with Crippen LogP contribution < -0.4 is 21.1 Å². The third-order valence-corrected chi connectivity index (χ3v) is 12.8. The number of fused-ring (bicyclic) bond motifs is 2. The number of amides is 1. The Hall–Kier alpha value is -4.82. The molecule has 5 heterocycles. The Morgan fingerprint density at radius 2 is 1.81 bits per heavy atom. The molecule has 3 saturated heterocycles. The lowest BCUT2D eigenvalue weighted by Gasteiger charge is -2.45. The third-order valence-electron chi connectivity index (χ3n) is 12.8. The topological polar surface area (TPSA) is 139 Å². The van der Waals surface area contributed by atoms with Gasteiger partial charge in [0.1, 0.15) is 17.9 Å². The molecule has 3 aliphatic rings. The minimum Gasteiger partial charge on any atom is -0.464 e. The molecular formula is C50H69N7O6. The van der Waals surface area contributed by atoms with Crippen LogP contribution in [-0.4, -0.2) is 103 Å². The first kappa shape index (κ1) is 46.2. The van der Waals surface area contributed by atoms with Crippen molar-refractivity contribution in [3.63, 3.8) is 0 Å². The predicted molar refractivity (Wildman–Crippen MR) is 249 cm³/mol. The quantitative estimate of drug-likeness (QED) is 0.0798. The van der Waals surface area contributed by atoms with Crippen molar-refractivity contribution in [2.75, 3.05) is 51.3 Å². The number of alkyl carbamates (subject to hydrolysis) is 1. The Labute approximate surface area is 373 Å². The van der Waals surface area contributed by atoms with Gasteiger partial charge in [0.2, 0.25) is 0 Å². The lowest BCUT2D eigenvalue weighted by atomic mass is 9.84. The van der Waals surface area contributed by atoms with Crippen LogP contribution in [0.1, 0.15) is 103 Å². The van der Waals surface area contributed by atoms with E-state index in [0.29, 0.717) is 18.9 Å². The number of carbonyl (C=O) groups is 3. The second-order valence-corrected chi connectivity index (χ2v) is 19.4. The number of nitrogens with one attached hydrogen (secondary N) is 3. The fraction of sp³-hybridized carbons (Fsp3) is 0.560. The number of aldehydes is 1. The lowest BCUT2D eigenvalue weighted by Crippen LogP contribution is -2.54. The largest absolute Gasteiger partial charge is 0.464 e. The van der Waals surface area contributed by atoms with E-state index in [0.717, 1.165) is 108 Å². The lowest BCUT2D eigenvalue weighted by molar-refractivity contribution is -0.150.